The molecule has 1 aromatic rings. The second-order valence-corrected chi connectivity index (χ2v) is 6.18. The molecule has 0 bridgehead atoms. The van der Waals surface area contributed by atoms with Crippen LogP contribution in [-0.2, 0) is 6.54 Å². The number of nitrogens with zero attached hydrogens (tertiary/aromatic N) is 1. The Bertz CT molecular complexity index is 379. The number of hydrogen-bond donors (Lipinski definition) is 1. The first-order valence-electron chi connectivity index (χ1n) is 6.30. The topological polar surface area (TPSA) is 19.0 Å². The van der Waals surface area contributed by atoms with Gasteiger partial charge in [-0.1, -0.05) is 12.8 Å². The number of rotatable bonds is 1. The van der Waals surface area contributed by atoms with Crippen molar-refractivity contribution in [2.24, 2.45) is 5.92 Å². The Hall–Kier alpha value is -0.280. The molecule has 1 N–H and O–H groups in total. The van der Waals surface area contributed by atoms with Crippen LogP contribution in [0, 0.1) is 5.92 Å². The molecule has 0 amide bonds. The van der Waals surface area contributed by atoms with Gasteiger partial charge in [0.15, 0.2) is 0 Å². The molecular formula is C13H19BrN2. The van der Waals surface area contributed by atoms with E-state index in [9.17, 15) is 0 Å². The lowest BCUT2D eigenvalue weighted by Crippen LogP contribution is -2.32. The van der Waals surface area contributed by atoms with Gasteiger partial charge in [0, 0.05) is 25.2 Å². The lowest BCUT2D eigenvalue weighted by molar-refractivity contribution is 0.241. The number of halogens is 1. The molecule has 0 aromatic carbocycles. The third-order valence-corrected chi connectivity index (χ3v) is 4.90. The summed E-state index contributed by atoms with van der Waals surface area (Å²) in [7, 11) is 2.24. The lowest BCUT2D eigenvalue weighted by Gasteiger charge is -2.34. The third kappa shape index (κ3) is 1.74. The molecule has 1 atom stereocenters. The van der Waals surface area contributed by atoms with Crippen LogP contribution in [0.1, 0.15) is 42.7 Å². The number of hydrogen-bond acceptors (Lipinski definition) is 1. The van der Waals surface area contributed by atoms with Crippen LogP contribution in [-0.4, -0.2) is 23.5 Å². The Morgan fingerprint density at radius 1 is 1.38 bits per heavy atom. The molecule has 3 rings (SSSR count). The molecule has 16 heavy (non-hydrogen) atoms. The van der Waals surface area contributed by atoms with E-state index >= 15 is 0 Å². The smallest absolute Gasteiger partial charge is 0.0859 e. The minimum atomic E-state index is 0.747. The molecule has 1 aliphatic carbocycles. The second-order valence-electron chi connectivity index (χ2n) is 5.39. The van der Waals surface area contributed by atoms with E-state index in [-0.39, 0.29) is 0 Å². The van der Waals surface area contributed by atoms with Gasteiger partial charge in [-0.25, -0.2) is 0 Å². The van der Waals surface area contributed by atoms with Gasteiger partial charge in [-0.2, -0.15) is 0 Å². The molecule has 1 saturated carbocycles. The molecular weight excluding hydrogens is 264 g/mol. The molecule has 1 aliphatic heterocycles. The number of H-pyrrole nitrogens is 1. The van der Waals surface area contributed by atoms with Crippen molar-refractivity contribution < 1.29 is 0 Å². The van der Waals surface area contributed by atoms with E-state index in [4.69, 9.17) is 0 Å². The van der Waals surface area contributed by atoms with Gasteiger partial charge in [-0.3, -0.25) is 0 Å². The maximum Gasteiger partial charge on any atom is 0.0859 e. The van der Waals surface area contributed by atoms with E-state index in [0.29, 0.717) is 0 Å². The number of nitrogens with one attached hydrogen (secondary N) is 1. The Labute approximate surface area is 106 Å². The van der Waals surface area contributed by atoms with Gasteiger partial charge in [0.1, 0.15) is 0 Å². The van der Waals surface area contributed by atoms with Crippen molar-refractivity contribution in [3.63, 3.8) is 0 Å². The first kappa shape index (κ1) is 10.8. The summed E-state index contributed by atoms with van der Waals surface area (Å²) in [5.41, 5.74) is 3.07. The summed E-state index contributed by atoms with van der Waals surface area (Å²) in [6.45, 7) is 2.33. The highest BCUT2D eigenvalue weighted by Crippen LogP contribution is 2.43. The first-order valence-corrected chi connectivity index (χ1v) is 7.09. The van der Waals surface area contributed by atoms with Gasteiger partial charge >= 0.3 is 0 Å². The van der Waals surface area contributed by atoms with Crippen molar-refractivity contribution in [2.45, 2.75) is 38.1 Å². The predicted molar refractivity (Wildman–Crippen MR) is 69.5 cm³/mol. The van der Waals surface area contributed by atoms with E-state index in [1.165, 1.54) is 42.4 Å². The summed E-state index contributed by atoms with van der Waals surface area (Å²) < 4.78 is 1.23. The zero-order valence-electron chi connectivity index (χ0n) is 9.80. The Morgan fingerprint density at radius 2 is 2.12 bits per heavy atom. The zero-order valence-corrected chi connectivity index (χ0v) is 11.4. The molecule has 0 spiro atoms. The quantitative estimate of drug-likeness (QED) is 0.835. The fraction of sp³-hybridized carbons (Fsp3) is 0.692. The van der Waals surface area contributed by atoms with E-state index in [0.717, 1.165) is 18.4 Å². The van der Waals surface area contributed by atoms with Crippen molar-refractivity contribution in [3.8, 4) is 0 Å². The molecule has 2 heterocycles. The molecule has 3 heteroatoms. The summed E-state index contributed by atoms with van der Waals surface area (Å²) in [4.78, 5) is 5.81. The van der Waals surface area contributed by atoms with E-state index in [2.05, 4.69) is 39.1 Å². The van der Waals surface area contributed by atoms with Gasteiger partial charge in [-0.15, -0.1) is 0 Å². The van der Waals surface area contributed by atoms with Gasteiger partial charge in [0.05, 0.1) is 4.60 Å². The minimum absolute atomic E-state index is 0.747. The SMILES string of the molecule is CN1Cc2c[nH]c(Br)c2C(C2CCCC2)C1. The number of fused-ring (bicyclic) bond motifs is 1. The van der Waals surface area contributed by atoms with Crippen LogP contribution in [0.3, 0.4) is 0 Å². The predicted octanol–water partition coefficient (Wildman–Crippen LogP) is 3.50. The fourth-order valence-electron chi connectivity index (χ4n) is 3.51. The summed E-state index contributed by atoms with van der Waals surface area (Å²) in [5, 5.41) is 0. The molecule has 1 unspecified atom stereocenters. The average Bonchev–Trinajstić information content (AvgIpc) is 2.87. The Kier molecular flexibility index (Phi) is 2.84. The summed E-state index contributed by atoms with van der Waals surface area (Å²) in [5.74, 6) is 1.66. The van der Waals surface area contributed by atoms with Gasteiger partial charge in [-0.05, 0) is 52.9 Å². The monoisotopic (exact) mass is 282 g/mol. The van der Waals surface area contributed by atoms with Crippen molar-refractivity contribution in [2.75, 3.05) is 13.6 Å². The normalized spacial score (nSPS) is 27.2. The van der Waals surface area contributed by atoms with Crippen molar-refractivity contribution in [3.05, 3.63) is 21.9 Å². The van der Waals surface area contributed by atoms with Gasteiger partial charge in [0.2, 0.25) is 0 Å². The highest BCUT2D eigenvalue weighted by atomic mass is 79.9. The molecule has 1 fully saturated rings. The van der Waals surface area contributed by atoms with Crippen molar-refractivity contribution >= 4 is 15.9 Å². The summed E-state index contributed by atoms with van der Waals surface area (Å²) in [6, 6.07) is 0. The molecule has 2 aliphatic rings. The largest absolute Gasteiger partial charge is 0.355 e. The molecule has 88 valence electrons. The second kappa shape index (κ2) is 4.19. The number of likely N-dealkylation sites (N-methyl/N-ethyl adjacent to an activating group) is 1. The van der Waals surface area contributed by atoms with E-state index < -0.39 is 0 Å². The van der Waals surface area contributed by atoms with Crippen LogP contribution in [0.25, 0.3) is 0 Å². The number of aromatic nitrogens is 1. The zero-order chi connectivity index (χ0) is 11.1. The van der Waals surface area contributed by atoms with E-state index in [1.54, 1.807) is 5.56 Å². The highest BCUT2D eigenvalue weighted by molar-refractivity contribution is 9.10. The molecule has 0 radical (unpaired) electrons. The van der Waals surface area contributed by atoms with Crippen LogP contribution >= 0.6 is 15.9 Å². The van der Waals surface area contributed by atoms with Crippen LogP contribution in [0.5, 0.6) is 0 Å². The third-order valence-electron chi connectivity index (χ3n) is 4.24. The van der Waals surface area contributed by atoms with Crippen LogP contribution in [0.4, 0.5) is 0 Å². The molecule has 2 nitrogen and oxygen atoms in total. The van der Waals surface area contributed by atoms with Crippen LogP contribution in [0.2, 0.25) is 0 Å². The van der Waals surface area contributed by atoms with Gasteiger partial charge in [0.25, 0.3) is 0 Å². The Morgan fingerprint density at radius 3 is 2.88 bits per heavy atom. The van der Waals surface area contributed by atoms with Gasteiger partial charge < -0.3 is 9.88 Å². The van der Waals surface area contributed by atoms with E-state index in [1.807, 2.05) is 0 Å². The molecule has 1 aromatic heterocycles. The summed E-state index contributed by atoms with van der Waals surface area (Å²) in [6.07, 6.45) is 7.90. The number of aromatic amines is 1. The summed E-state index contributed by atoms with van der Waals surface area (Å²) >= 11 is 3.69. The molecule has 0 saturated heterocycles. The lowest BCUT2D eigenvalue weighted by atomic mass is 9.82. The maximum atomic E-state index is 3.69. The fourth-order valence-corrected chi connectivity index (χ4v) is 4.17. The first-order chi connectivity index (χ1) is 7.75. The maximum absolute atomic E-state index is 3.69. The average molecular weight is 283 g/mol. The Balaban J connectivity index is 1.95. The highest BCUT2D eigenvalue weighted by Gasteiger charge is 2.33. The van der Waals surface area contributed by atoms with Crippen molar-refractivity contribution in [1.82, 2.24) is 9.88 Å². The van der Waals surface area contributed by atoms with Crippen LogP contribution < -0.4 is 0 Å². The van der Waals surface area contributed by atoms with Crippen LogP contribution in [0.15, 0.2) is 10.8 Å². The standard InChI is InChI=1S/C13H19BrN2/c1-16-7-10-6-15-13(14)12(10)11(8-16)9-4-2-3-5-9/h6,9,11,15H,2-5,7-8H2,1H3. The minimum Gasteiger partial charge on any atom is -0.355 e. The van der Waals surface area contributed by atoms with Crippen molar-refractivity contribution in [1.29, 1.82) is 0 Å².